The van der Waals surface area contributed by atoms with E-state index < -0.39 is 15.7 Å². The minimum atomic E-state index is -3.31. The molecule has 0 fully saturated rings. The number of rotatable bonds is 4. The van der Waals surface area contributed by atoms with Crippen molar-refractivity contribution in [1.82, 2.24) is 15.2 Å². The molecule has 1 aromatic carbocycles. The number of aromatic nitrogens is 3. The molecular weight excluding hydrogens is 475 g/mol. The van der Waals surface area contributed by atoms with Gasteiger partial charge in [0, 0.05) is 18.1 Å². The van der Waals surface area contributed by atoms with Crippen molar-refractivity contribution >= 4 is 67.7 Å². The Morgan fingerprint density at radius 2 is 1.93 bits per heavy atom. The third kappa shape index (κ3) is 3.99. The quantitative estimate of drug-likeness (QED) is 0.586. The van der Waals surface area contributed by atoms with Crippen molar-refractivity contribution < 1.29 is 13.2 Å². The second kappa shape index (κ2) is 7.84. The first kappa shape index (κ1) is 20.5. The lowest BCUT2D eigenvalue weighted by Gasteiger charge is -2.10. The number of benzene rings is 1. The van der Waals surface area contributed by atoms with Gasteiger partial charge in [-0.25, -0.2) is 8.42 Å². The molecule has 0 bridgehead atoms. The van der Waals surface area contributed by atoms with E-state index in [9.17, 15) is 13.2 Å². The molecule has 0 radical (unpaired) electrons. The molecule has 1 amide bonds. The van der Waals surface area contributed by atoms with Crippen LogP contribution in [0.15, 0.2) is 38.7 Å². The number of aryl methyl sites for hydroxylation is 1. The Balaban J connectivity index is 1.55. The Labute approximate surface area is 184 Å². The first-order chi connectivity index (χ1) is 13.8. The number of hydrogen-bond acceptors (Lipinski definition) is 8. The highest BCUT2D eigenvalue weighted by atomic mass is 35.5. The molecule has 0 saturated carbocycles. The fourth-order valence-electron chi connectivity index (χ4n) is 2.96. The predicted molar refractivity (Wildman–Crippen MR) is 113 cm³/mol. The van der Waals surface area contributed by atoms with E-state index in [4.69, 9.17) is 23.2 Å². The van der Waals surface area contributed by atoms with Crippen LogP contribution in [-0.2, 0) is 16.3 Å². The number of carbonyl (C=O) groups excluding carboxylic acids is 1. The van der Waals surface area contributed by atoms with Gasteiger partial charge in [-0.2, -0.15) is 0 Å². The molecule has 3 aromatic rings. The van der Waals surface area contributed by atoms with Crippen LogP contribution in [0.1, 0.15) is 20.9 Å². The lowest BCUT2D eigenvalue weighted by atomic mass is 10.1. The Morgan fingerprint density at radius 3 is 2.66 bits per heavy atom. The average Bonchev–Trinajstić information content (AvgIpc) is 3.25. The second-order valence-corrected chi connectivity index (χ2v) is 11.3. The third-order valence-electron chi connectivity index (χ3n) is 4.29. The molecule has 1 aliphatic rings. The maximum atomic E-state index is 12.6. The molecule has 12 heteroatoms. The zero-order valence-corrected chi connectivity index (χ0v) is 18.7. The van der Waals surface area contributed by atoms with E-state index in [0.29, 0.717) is 41.8 Å². The van der Waals surface area contributed by atoms with E-state index in [1.807, 2.05) is 0 Å². The van der Waals surface area contributed by atoms with Crippen molar-refractivity contribution in [3.05, 3.63) is 50.7 Å². The Morgan fingerprint density at radius 1 is 1.21 bits per heavy atom. The summed E-state index contributed by atoms with van der Waals surface area (Å²) in [7, 11) is -3.31. The van der Waals surface area contributed by atoms with Crippen LogP contribution in [0.25, 0.3) is 0 Å². The molecule has 3 heterocycles. The van der Waals surface area contributed by atoms with Gasteiger partial charge >= 0.3 is 0 Å². The molecule has 0 atom stereocenters. The van der Waals surface area contributed by atoms with Crippen molar-refractivity contribution in [2.24, 2.45) is 0 Å². The maximum Gasteiger partial charge on any atom is 0.286 e. The summed E-state index contributed by atoms with van der Waals surface area (Å²) in [5.74, 6) is -0.378. The van der Waals surface area contributed by atoms with Crippen molar-refractivity contribution in [1.29, 1.82) is 0 Å². The molecule has 7 nitrogen and oxygen atoms in total. The number of nitrogens with zero attached hydrogens (tertiary/aromatic N) is 3. The molecular formula is C17H12Cl2N4O3S3. The van der Waals surface area contributed by atoms with Gasteiger partial charge in [-0.15, -0.1) is 10.2 Å². The number of halogens is 2. The van der Waals surface area contributed by atoms with Crippen LogP contribution in [-0.4, -0.2) is 35.3 Å². The molecule has 1 aliphatic heterocycles. The topological polar surface area (TPSA) is 102 Å². The molecule has 0 saturated heterocycles. The van der Waals surface area contributed by atoms with E-state index >= 15 is 0 Å². The summed E-state index contributed by atoms with van der Waals surface area (Å²) in [5.41, 5.74) is 1.74. The molecule has 0 spiro atoms. The van der Waals surface area contributed by atoms with Crippen LogP contribution in [0.5, 0.6) is 0 Å². The van der Waals surface area contributed by atoms with Crippen LogP contribution >= 0.6 is 46.3 Å². The van der Waals surface area contributed by atoms with Crippen molar-refractivity contribution in [3.63, 3.8) is 0 Å². The Bertz CT molecular complexity index is 1220. The Kier molecular flexibility index (Phi) is 5.56. The van der Waals surface area contributed by atoms with Gasteiger partial charge in [0.15, 0.2) is 14.2 Å². The van der Waals surface area contributed by atoms with Crippen molar-refractivity contribution in [2.75, 3.05) is 11.1 Å². The van der Waals surface area contributed by atoms with Crippen molar-refractivity contribution in [3.8, 4) is 0 Å². The second-order valence-electron chi connectivity index (χ2n) is 6.16. The number of sulfone groups is 1. The highest BCUT2D eigenvalue weighted by molar-refractivity contribution is 8.01. The molecule has 1 N–H and O–H groups in total. The number of hydrogen-bond donors (Lipinski definition) is 1. The van der Waals surface area contributed by atoms with Gasteiger partial charge in [0.05, 0.1) is 25.6 Å². The minimum Gasteiger partial charge on any atom is -0.320 e. The third-order valence-corrected chi connectivity index (χ3v) is 9.13. The SMILES string of the molecule is Cc1c(NC(=O)c2nnc(Sc3c(Cl)cncc3Cl)s2)ccc2c1S(=O)(=O)CC2. The summed E-state index contributed by atoms with van der Waals surface area (Å²) in [4.78, 5) is 17.4. The number of amides is 1. The summed E-state index contributed by atoms with van der Waals surface area (Å²) in [6, 6.07) is 3.44. The average molecular weight is 487 g/mol. The highest BCUT2D eigenvalue weighted by Gasteiger charge is 2.29. The number of nitrogens with one attached hydrogen (secondary N) is 1. The van der Waals surface area contributed by atoms with E-state index in [1.165, 1.54) is 24.2 Å². The zero-order chi connectivity index (χ0) is 20.8. The van der Waals surface area contributed by atoms with E-state index in [-0.39, 0.29) is 10.8 Å². The maximum absolute atomic E-state index is 12.6. The number of fused-ring (bicyclic) bond motifs is 1. The van der Waals surface area contributed by atoms with E-state index in [0.717, 1.165) is 16.9 Å². The lowest BCUT2D eigenvalue weighted by Crippen LogP contribution is -2.13. The predicted octanol–water partition coefficient (Wildman–Crippen LogP) is 4.28. The van der Waals surface area contributed by atoms with Gasteiger partial charge in [0.1, 0.15) is 0 Å². The monoisotopic (exact) mass is 486 g/mol. The molecule has 4 rings (SSSR count). The van der Waals surface area contributed by atoms with Gasteiger partial charge in [-0.05, 0) is 30.5 Å². The van der Waals surface area contributed by atoms with E-state index in [2.05, 4.69) is 20.5 Å². The molecule has 150 valence electrons. The van der Waals surface area contributed by atoms with E-state index in [1.54, 1.807) is 19.1 Å². The lowest BCUT2D eigenvalue weighted by molar-refractivity contribution is 0.102. The minimum absolute atomic E-state index is 0.0949. The van der Waals surface area contributed by atoms with Crippen LogP contribution < -0.4 is 5.32 Å². The number of pyridine rings is 1. The summed E-state index contributed by atoms with van der Waals surface area (Å²) in [6.07, 6.45) is 3.42. The standard InChI is InChI=1S/C17H12Cl2N4O3S3/c1-8-12(3-2-9-4-5-29(25,26)14(8)9)21-15(24)16-22-23-17(28-16)27-13-10(18)6-20-7-11(13)19/h2-3,6-7H,4-5H2,1H3,(H,21,24). The van der Waals surface area contributed by atoms with Crippen LogP contribution in [0, 0.1) is 6.92 Å². The largest absolute Gasteiger partial charge is 0.320 e. The highest BCUT2D eigenvalue weighted by Crippen LogP contribution is 2.39. The fourth-order valence-corrected chi connectivity index (χ4v) is 7.08. The number of anilines is 1. The molecule has 29 heavy (non-hydrogen) atoms. The van der Waals surface area contributed by atoms with Crippen LogP contribution in [0.3, 0.4) is 0 Å². The van der Waals surface area contributed by atoms with Crippen LogP contribution in [0.2, 0.25) is 10.0 Å². The first-order valence-corrected chi connectivity index (χ1v) is 12.3. The molecule has 0 unspecified atom stereocenters. The smallest absolute Gasteiger partial charge is 0.286 e. The Hall–Kier alpha value is -1.72. The van der Waals surface area contributed by atoms with Gasteiger partial charge in [0.2, 0.25) is 5.01 Å². The normalized spacial score (nSPS) is 14.6. The van der Waals surface area contributed by atoms with Crippen molar-refractivity contribution in [2.45, 2.75) is 27.5 Å². The van der Waals surface area contributed by atoms with Gasteiger partial charge in [-0.1, -0.05) is 52.4 Å². The van der Waals surface area contributed by atoms with Gasteiger partial charge in [-0.3, -0.25) is 9.78 Å². The summed E-state index contributed by atoms with van der Waals surface area (Å²) >= 11 is 14.5. The van der Waals surface area contributed by atoms with Crippen LogP contribution in [0.4, 0.5) is 5.69 Å². The summed E-state index contributed by atoms with van der Waals surface area (Å²) in [6.45, 7) is 1.69. The zero-order valence-electron chi connectivity index (χ0n) is 14.8. The molecule has 0 aliphatic carbocycles. The fraction of sp³-hybridized carbons (Fsp3) is 0.176. The summed E-state index contributed by atoms with van der Waals surface area (Å²) < 4.78 is 25.0. The van der Waals surface area contributed by atoms with Gasteiger partial charge in [0.25, 0.3) is 5.91 Å². The summed E-state index contributed by atoms with van der Waals surface area (Å²) in [5, 5.41) is 11.5. The molecule has 2 aromatic heterocycles. The number of carbonyl (C=O) groups is 1. The van der Waals surface area contributed by atoms with Gasteiger partial charge < -0.3 is 5.32 Å². The first-order valence-electron chi connectivity index (χ1n) is 8.23.